The fourth-order valence-electron chi connectivity index (χ4n) is 8.45. The first-order valence-corrected chi connectivity index (χ1v) is 29.3. The van der Waals surface area contributed by atoms with Crippen molar-refractivity contribution in [2.75, 3.05) is 13.2 Å². The van der Waals surface area contributed by atoms with Crippen molar-refractivity contribution in [3.63, 3.8) is 0 Å². The number of hydrogen-bond donors (Lipinski definition) is 0. The van der Waals surface area contributed by atoms with Gasteiger partial charge in [0.1, 0.15) is 13.2 Å². The highest BCUT2D eigenvalue weighted by Crippen LogP contribution is 2.17. The van der Waals surface area contributed by atoms with Crippen LogP contribution in [-0.4, -0.2) is 37.2 Å². The van der Waals surface area contributed by atoms with Gasteiger partial charge in [0.15, 0.2) is 6.10 Å². The SMILES string of the molecule is CC\C=C/C=C\C=C/C=C\CCCCCCCC(=O)OCC(COC(=O)CCCCCCCCCCCCCCCCCCCC)OC(=O)CCCCCCCCC/C=C\CCCCCCCC. The highest BCUT2D eigenvalue weighted by atomic mass is 16.6. The summed E-state index contributed by atoms with van der Waals surface area (Å²) in [5, 5.41) is 0. The Hall–Kier alpha value is -2.89. The molecule has 0 fully saturated rings. The van der Waals surface area contributed by atoms with Crippen LogP contribution in [-0.2, 0) is 28.6 Å². The Morgan fingerprint density at radius 2 is 0.588 bits per heavy atom. The first-order valence-electron chi connectivity index (χ1n) is 29.3. The molecule has 6 heteroatoms. The van der Waals surface area contributed by atoms with Gasteiger partial charge in [0.25, 0.3) is 0 Å². The average Bonchev–Trinajstić information content (AvgIpc) is 3.34. The number of esters is 3. The topological polar surface area (TPSA) is 78.9 Å². The summed E-state index contributed by atoms with van der Waals surface area (Å²) >= 11 is 0. The molecule has 0 aromatic heterocycles. The Morgan fingerprint density at radius 1 is 0.309 bits per heavy atom. The van der Waals surface area contributed by atoms with Gasteiger partial charge in [0.2, 0.25) is 0 Å². The van der Waals surface area contributed by atoms with Crippen molar-refractivity contribution < 1.29 is 28.6 Å². The Labute approximate surface area is 421 Å². The highest BCUT2D eigenvalue weighted by Gasteiger charge is 2.19. The van der Waals surface area contributed by atoms with Gasteiger partial charge in [-0.15, -0.1) is 0 Å². The van der Waals surface area contributed by atoms with Gasteiger partial charge in [-0.3, -0.25) is 14.4 Å². The lowest BCUT2D eigenvalue weighted by atomic mass is 10.0. The molecule has 0 N–H and O–H groups in total. The molecule has 0 spiro atoms. The molecule has 0 aromatic carbocycles. The number of carbonyl (C=O) groups is 3. The van der Waals surface area contributed by atoms with Crippen LogP contribution < -0.4 is 0 Å². The minimum Gasteiger partial charge on any atom is -0.462 e. The maximum atomic E-state index is 12.9. The van der Waals surface area contributed by atoms with Crippen LogP contribution in [0.3, 0.4) is 0 Å². The standard InChI is InChI=1S/C62H110O6/c1-4-7-10-13-16-19-22-25-28-30-32-34-37-40-43-46-49-52-55-61(64)67-58-59(57-66-60(63)54-51-48-45-42-39-36-33-27-24-21-18-15-12-9-6-3)68-62(65)56-53-50-47-44-41-38-35-31-29-26-23-20-17-14-11-8-5-2/h9,12,15,18,21,24,26-27,29,33,59H,4-8,10-11,13-14,16-17,19-20,22-23,25,28,30-32,34-58H2,1-3H3/b12-9-,18-15-,24-21-,29-26-,33-27-. The number of unbranched alkanes of at least 4 members (excludes halogenated alkanes) is 35. The van der Waals surface area contributed by atoms with E-state index in [-0.39, 0.29) is 31.1 Å². The summed E-state index contributed by atoms with van der Waals surface area (Å²) in [4.78, 5) is 38.2. The third kappa shape index (κ3) is 54.1. The highest BCUT2D eigenvalue weighted by molar-refractivity contribution is 5.71. The van der Waals surface area contributed by atoms with E-state index in [9.17, 15) is 14.4 Å². The predicted molar refractivity (Wildman–Crippen MR) is 293 cm³/mol. The zero-order valence-electron chi connectivity index (χ0n) is 45.1. The largest absolute Gasteiger partial charge is 0.462 e. The summed E-state index contributed by atoms with van der Waals surface area (Å²) in [6, 6.07) is 0. The summed E-state index contributed by atoms with van der Waals surface area (Å²) in [6.45, 7) is 6.51. The van der Waals surface area contributed by atoms with E-state index >= 15 is 0 Å². The Balaban J connectivity index is 4.38. The van der Waals surface area contributed by atoms with E-state index in [1.54, 1.807) is 0 Å². The molecule has 0 amide bonds. The zero-order chi connectivity index (χ0) is 49.3. The van der Waals surface area contributed by atoms with E-state index in [0.29, 0.717) is 19.3 Å². The molecule has 0 heterocycles. The van der Waals surface area contributed by atoms with Crippen LogP contribution in [0.2, 0.25) is 0 Å². The molecule has 6 nitrogen and oxygen atoms in total. The molecule has 0 rings (SSSR count). The molecular formula is C62H110O6. The summed E-state index contributed by atoms with van der Waals surface area (Å²) in [6.07, 6.45) is 70.7. The smallest absolute Gasteiger partial charge is 0.306 e. The molecule has 394 valence electrons. The quantitative estimate of drug-likeness (QED) is 0.0199. The molecule has 68 heavy (non-hydrogen) atoms. The third-order valence-corrected chi connectivity index (χ3v) is 12.9. The van der Waals surface area contributed by atoms with Crippen LogP contribution in [0.1, 0.15) is 297 Å². The monoisotopic (exact) mass is 951 g/mol. The maximum Gasteiger partial charge on any atom is 0.306 e. The third-order valence-electron chi connectivity index (χ3n) is 12.9. The van der Waals surface area contributed by atoms with Crippen LogP contribution in [0, 0.1) is 0 Å². The number of carbonyl (C=O) groups excluding carboxylic acids is 3. The molecule has 0 aliphatic heterocycles. The van der Waals surface area contributed by atoms with Crippen molar-refractivity contribution in [2.24, 2.45) is 0 Å². The van der Waals surface area contributed by atoms with Crippen molar-refractivity contribution in [1.29, 1.82) is 0 Å². The molecular weight excluding hydrogens is 841 g/mol. The summed E-state index contributed by atoms with van der Waals surface area (Å²) in [5.41, 5.74) is 0. The number of allylic oxidation sites excluding steroid dienone is 10. The van der Waals surface area contributed by atoms with Gasteiger partial charge in [0.05, 0.1) is 0 Å². The number of ether oxygens (including phenoxy) is 3. The van der Waals surface area contributed by atoms with Crippen molar-refractivity contribution in [3.05, 3.63) is 60.8 Å². The second-order valence-corrected chi connectivity index (χ2v) is 19.6. The van der Waals surface area contributed by atoms with E-state index in [1.807, 2.05) is 18.2 Å². The van der Waals surface area contributed by atoms with Gasteiger partial charge in [0, 0.05) is 19.3 Å². The first kappa shape index (κ1) is 65.1. The molecule has 0 saturated heterocycles. The molecule has 0 bridgehead atoms. The van der Waals surface area contributed by atoms with Crippen LogP contribution in [0.5, 0.6) is 0 Å². The van der Waals surface area contributed by atoms with Gasteiger partial charge in [-0.2, -0.15) is 0 Å². The zero-order valence-corrected chi connectivity index (χ0v) is 45.1. The van der Waals surface area contributed by atoms with E-state index in [4.69, 9.17) is 14.2 Å². The maximum absolute atomic E-state index is 12.9. The molecule has 0 aromatic rings. The van der Waals surface area contributed by atoms with Crippen molar-refractivity contribution >= 4 is 17.9 Å². The van der Waals surface area contributed by atoms with Gasteiger partial charge in [-0.05, 0) is 64.2 Å². The second-order valence-electron chi connectivity index (χ2n) is 19.6. The normalized spacial score (nSPS) is 12.5. The molecule has 0 aliphatic carbocycles. The number of hydrogen-bond acceptors (Lipinski definition) is 6. The summed E-state index contributed by atoms with van der Waals surface area (Å²) < 4.78 is 16.9. The van der Waals surface area contributed by atoms with E-state index < -0.39 is 6.10 Å². The molecule has 0 radical (unpaired) electrons. The van der Waals surface area contributed by atoms with Crippen LogP contribution in [0.25, 0.3) is 0 Å². The summed E-state index contributed by atoms with van der Waals surface area (Å²) in [7, 11) is 0. The predicted octanol–water partition coefficient (Wildman–Crippen LogP) is 19.6. The van der Waals surface area contributed by atoms with E-state index in [1.165, 1.54) is 173 Å². The first-order chi connectivity index (χ1) is 33.5. The molecule has 0 aliphatic rings. The van der Waals surface area contributed by atoms with Crippen LogP contribution >= 0.6 is 0 Å². The van der Waals surface area contributed by atoms with Gasteiger partial charge in [-0.1, -0.05) is 274 Å². The summed E-state index contributed by atoms with van der Waals surface area (Å²) in [5.74, 6) is -0.896. The minimum absolute atomic E-state index is 0.0810. The molecule has 1 atom stereocenters. The van der Waals surface area contributed by atoms with Crippen molar-refractivity contribution in [1.82, 2.24) is 0 Å². The van der Waals surface area contributed by atoms with Crippen molar-refractivity contribution in [2.45, 2.75) is 303 Å². The van der Waals surface area contributed by atoms with Crippen LogP contribution in [0.15, 0.2) is 60.8 Å². The molecule has 0 saturated carbocycles. The number of rotatable bonds is 53. The van der Waals surface area contributed by atoms with E-state index in [0.717, 1.165) is 83.5 Å². The second kappa shape index (κ2) is 56.7. The van der Waals surface area contributed by atoms with E-state index in [2.05, 4.69) is 63.3 Å². The van der Waals surface area contributed by atoms with Crippen molar-refractivity contribution in [3.8, 4) is 0 Å². The Morgan fingerprint density at radius 3 is 0.941 bits per heavy atom. The lowest BCUT2D eigenvalue weighted by Gasteiger charge is -2.18. The lowest BCUT2D eigenvalue weighted by Crippen LogP contribution is -2.30. The van der Waals surface area contributed by atoms with Crippen LogP contribution in [0.4, 0.5) is 0 Å². The van der Waals surface area contributed by atoms with Gasteiger partial charge < -0.3 is 14.2 Å². The molecule has 1 unspecified atom stereocenters. The fraction of sp³-hybridized carbons (Fsp3) is 0.790. The van der Waals surface area contributed by atoms with Gasteiger partial charge >= 0.3 is 17.9 Å². The van der Waals surface area contributed by atoms with Gasteiger partial charge in [-0.25, -0.2) is 0 Å². The Bertz CT molecular complexity index is 1230. The average molecular weight is 952 g/mol. The minimum atomic E-state index is -0.785. The lowest BCUT2D eigenvalue weighted by molar-refractivity contribution is -0.167. The fourth-order valence-corrected chi connectivity index (χ4v) is 8.45. The Kier molecular flexibility index (Phi) is 54.3.